The van der Waals surface area contributed by atoms with Crippen LogP contribution < -0.4 is 4.74 Å². The number of hydrogen-bond acceptors (Lipinski definition) is 4. The number of aldehydes is 1. The van der Waals surface area contributed by atoms with Gasteiger partial charge < -0.3 is 4.74 Å². The number of carbonyl (C=O) groups excluding carboxylic acids is 1. The first kappa shape index (κ1) is 14.0. The molecule has 0 saturated carbocycles. The summed E-state index contributed by atoms with van der Waals surface area (Å²) in [5.74, 6) is 0.491. The average Bonchev–Trinajstić information content (AvgIpc) is 2.41. The van der Waals surface area contributed by atoms with Crippen molar-refractivity contribution in [2.24, 2.45) is 0 Å². The van der Waals surface area contributed by atoms with E-state index >= 15 is 0 Å². The van der Waals surface area contributed by atoms with Crippen LogP contribution in [0.3, 0.4) is 0 Å². The number of para-hydroxylation sites is 1. The van der Waals surface area contributed by atoms with Gasteiger partial charge in [-0.1, -0.05) is 23.7 Å². The minimum atomic E-state index is -0.510. The van der Waals surface area contributed by atoms with Crippen LogP contribution in [0.1, 0.15) is 15.9 Å². The number of nitro benzene ring substituents is 1. The van der Waals surface area contributed by atoms with Gasteiger partial charge >= 0.3 is 5.69 Å². The van der Waals surface area contributed by atoms with Crippen LogP contribution in [-0.4, -0.2) is 11.2 Å². The maximum absolute atomic E-state index is 11.0. The van der Waals surface area contributed by atoms with E-state index < -0.39 is 4.92 Å². The summed E-state index contributed by atoms with van der Waals surface area (Å²) in [6.45, 7) is 1.71. The molecule has 0 aliphatic carbocycles. The van der Waals surface area contributed by atoms with Crippen LogP contribution in [0.25, 0.3) is 0 Å². The minimum absolute atomic E-state index is 0.124. The smallest absolute Gasteiger partial charge is 0.311 e. The highest BCUT2D eigenvalue weighted by Crippen LogP contribution is 2.35. The van der Waals surface area contributed by atoms with Gasteiger partial charge in [-0.25, -0.2) is 0 Å². The van der Waals surface area contributed by atoms with Crippen molar-refractivity contribution in [3.05, 3.63) is 62.7 Å². The zero-order chi connectivity index (χ0) is 14.7. The third kappa shape index (κ3) is 2.78. The lowest BCUT2D eigenvalue weighted by Gasteiger charge is -2.09. The molecule has 2 rings (SSSR count). The Morgan fingerprint density at radius 1 is 1.30 bits per heavy atom. The lowest BCUT2D eigenvalue weighted by molar-refractivity contribution is -0.385. The number of benzene rings is 2. The molecule has 6 heteroatoms. The van der Waals surface area contributed by atoms with Gasteiger partial charge in [0.25, 0.3) is 0 Å². The van der Waals surface area contributed by atoms with Gasteiger partial charge in [0, 0.05) is 17.7 Å². The number of ether oxygens (including phenoxy) is 1. The molecule has 0 spiro atoms. The molecule has 102 valence electrons. The number of nitro groups is 1. The average molecular weight is 292 g/mol. The maximum Gasteiger partial charge on any atom is 0.311 e. The summed E-state index contributed by atoms with van der Waals surface area (Å²) < 4.78 is 5.54. The molecule has 0 saturated heterocycles. The van der Waals surface area contributed by atoms with E-state index in [1.807, 2.05) is 0 Å². The topological polar surface area (TPSA) is 69.4 Å². The molecule has 0 bridgehead atoms. The van der Waals surface area contributed by atoms with Gasteiger partial charge in [-0.2, -0.15) is 0 Å². The predicted octanol–water partition coefficient (Wildman–Crippen LogP) is 4.16. The summed E-state index contributed by atoms with van der Waals surface area (Å²) in [6.07, 6.45) is 0.627. The predicted molar refractivity (Wildman–Crippen MR) is 74.7 cm³/mol. The fourth-order valence-corrected chi connectivity index (χ4v) is 1.91. The van der Waals surface area contributed by atoms with Gasteiger partial charge in [-0.05, 0) is 24.6 Å². The summed E-state index contributed by atoms with van der Waals surface area (Å²) >= 11 is 5.89. The summed E-state index contributed by atoms with van der Waals surface area (Å²) in [7, 11) is 0. The molecule has 0 aliphatic rings. The van der Waals surface area contributed by atoms with E-state index in [9.17, 15) is 14.9 Å². The second-order valence-corrected chi connectivity index (χ2v) is 4.49. The molecule has 0 amide bonds. The van der Waals surface area contributed by atoms with Gasteiger partial charge in [0.05, 0.1) is 9.95 Å². The van der Waals surface area contributed by atoms with Crippen LogP contribution >= 0.6 is 11.6 Å². The molecule has 0 unspecified atom stereocenters. The highest BCUT2D eigenvalue weighted by Gasteiger charge is 2.18. The zero-order valence-corrected chi connectivity index (χ0v) is 11.3. The van der Waals surface area contributed by atoms with Gasteiger partial charge in [0.15, 0.2) is 6.29 Å². The Morgan fingerprint density at radius 2 is 2.05 bits per heavy atom. The first-order valence-corrected chi connectivity index (χ1v) is 6.07. The van der Waals surface area contributed by atoms with E-state index in [4.69, 9.17) is 16.3 Å². The number of carbonyl (C=O) groups is 1. The Balaban J connectivity index is 2.42. The fraction of sp³-hybridized carbons (Fsp3) is 0.0714. The van der Waals surface area contributed by atoms with E-state index in [1.165, 1.54) is 24.3 Å². The third-order valence-electron chi connectivity index (χ3n) is 2.71. The van der Waals surface area contributed by atoms with Crippen molar-refractivity contribution >= 4 is 23.6 Å². The van der Waals surface area contributed by atoms with Crippen molar-refractivity contribution in [2.45, 2.75) is 6.92 Å². The zero-order valence-electron chi connectivity index (χ0n) is 10.5. The number of aryl methyl sites for hydroxylation is 1. The Labute approximate surface area is 119 Å². The molecule has 2 aromatic rings. The van der Waals surface area contributed by atoms with Crippen LogP contribution in [0, 0.1) is 17.0 Å². The number of rotatable bonds is 4. The SMILES string of the molecule is Cc1cccc([N+](=O)[O-])c1Oc1ccc(C=O)c(Cl)c1. The van der Waals surface area contributed by atoms with E-state index in [0.29, 0.717) is 23.2 Å². The van der Waals surface area contributed by atoms with E-state index in [2.05, 4.69) is 0 Å². The van der Waals surface area contributed by atoms with E-state index in [0.717, 1.165) is 0 Å². The lowest BCUT2D eigenvalue weighted by Crippen LogP contribution is -1.96. The van der Waals surface area contributed by atoms with Gasteiger partial charge in [0.1, 0.15) is 5.75 Å². The van der Waals surface area contributed by atoms with Gasteiger partial charge in [-0.15, -0.1) is 0 Å². The third-order valence-corrected chi connectivity index (χ3v) is 3.03. The normalized spacial score (nSPS) is 10.1. The number of nitrogens with zero attached hydrogens (tertiary/aromatic N) is 1. The Hall–Kier alpha value is -2.40. The van der Waals surface area contributed by atoms with Crippen molar-refractivity contribution < 1.29 is 14.5 Å². The van der Waals surface area contributed by atoms with Crippen molar-refractivity contribution in [3.8, 4) is 11.5 Å². The number of halogens is 1. The molecule has 0 N–H and O–H groups in total. The van der Waals surface area contributed by atoms with Crippen molar-refractivity contribution in [1.82, 2.24) is 0 Å². The number of hydrogen-bond donors (Lipinski definition) is 0. The van der Waals surface area contributed by atoms with Crippen LogP contribution in [0.15, 0.2) is 36.4 Å². The summed E-state index contributed by atoms with van der Waals surface area (Å²) in [4.78, 5) is 21.2. The van der Waals surface area contributed by atoms with Crippen LogP contribution in [-0.2, 0) is 0 Å². The molecule has 20 heavy (non-hydrogen) atoms. The first-order chi connectivity index (χ1) is 9.52. The highest BCUT2D eigenvalue weighted by atomic mass is 35.5. The molecular formula is C14H10ClNO4. The molecule has 0 radical (unpaired) electrons. The van der Waals surface area contributed by atoms with Gasteiger partial charge in [-0.3, -0.25) is 14.9 Å². The van der Waals surface area contributed by atoms with Crippen molar-refractivity contribution in [1.29, 1.82) is 0 Å². The second-order valence-electron chi connectivity index (χ2n) is 4.08. The molecule has 0 fully saturated rings. The lowest BCUT2D eigenvalue weighted by atomic mass is 10.2. The Kier molecular flexibility index (Phi) is 4.00. The molecule has 0 aromatic heterocycles. The highest BCUT2D eigenvalue weighted by molar-refractivity contribution is 6.33. The molecule has 0 aliphatic heterocycles. The van der Waals surface area contributed by atoms with Gasteiger partial charge in [0.2, 0.25) is 5.75 Å². The first-order valence-electron chi connectivity index (χ1n) is 5.69. The van der Waals surface area contributed by atoms with Crippen molar-refractivity contribution in [3.63, 3.8) is 0 Å². The molecule has 5 nitrogen and oxygen atoms in total. The minimum Gasteiger partial charge on any atom is -0.450 e. The molecule has 0 atom stereocenters. The van der Waals surface area contributed by atoms with Crippen molar-refractivity contribution in [2.75, 3.05) is 0 Å². The Bertz CT molecular complexity index is 685. The monoisotopic (exact) mass is 291 g/mol. The Morgan fingerprint density at radius 3 is 2.65 bits per heavy atom. The summed E-state index contributed by atoms with van der Waals surface area (Å²) in [6, 6.07) is 9.14. The summed E-state index contributed by atoms with van der Waals surface area (Å²) in [5.41, 5.74) is 0.841. The quantitative estimate of drug-likeness (QED) is 0.482. The van der Waals surface area contributed by atoms with Crippen LogP contribution in [0.5, 0.6) is 11.5 Å². The van der Waals surface area contributed by atoms with Crippen LogP contribution in [0.2, 0.25) is 5.02 Å². The summed E-state index contributed by atoms with van der Waals surface area (Å²) in [5, 5.41) is 11.2. The molecular weight excluding hydrogens is 282 g/mol. The second kappa shape index (κ2) is 5.71. The maximum atomic E-state index is 11.0. The largest absolute Gasteiger partial charge is 0.450 e. The fourth-order valence-electron chi connectivity index (χ4n) is 1.70. The van der Waals surface area contributed by atoms with Crippen LogP contribution in [0.4, 0.5) is 5.69 Å². The standard InChI is InChI=1S/C14H10ClNO4/c1-9-3-2-4-13(16(18)19)14(9)20-11-6-5-10(8-17)12(15)7-11/h2-8H,1H3. The molecule has 0 heterocycles. The van der Waals surface area contributed by atoms with E-state index in [1.54, 1.807) is 19.1 Å². The van der Waals surface area contributed by atoms with E-state index in [-0.39, 0.29) is 16.5 Å². The molecule has 2 aromatic carbocycles.